The standard InChI is InChI=1S/C18H22O3S/c1-3-8-16-14(12-18(19)17(16)9-4-2)13-22(20,21)15-10-6-5-7-11-15/h5-7,10-11,13H,3-4,8-9,12H2,1-2H3/b14-13+. The number of carbonyl (C=O) groups excluding carboxylic acids is 1. The lowest BCUT2D eigenvalue weighted by atomic mass is 10.0. The Hall–Kier alpha value is -1.68. The highest BCUT2D eigenvalue weighted by Gasteiger charge is 2.27. The molecule has 0 amide bonds. The third-order valence-corrected chi connectivity index (χ3v) is 5.33. The molecule has 0 N–H and O–H groups in total. The quantitative estimate of drug-likeness (QED) is 0.789. The van der Waals surface area contributed by atoms with Crippen molar-refractivity contribution in [3.63, 3.8) is 0 Å². The monoisotopic (exact) mass is 318 g/mol. The smallest absolute Gasteiger partial charge is 0.200 e. The number of rotatable bonds is 6. The number of ketones is 1. The molecule has 0 aliphatic heterocycles. The summed E-state index contributed by atoms with van der Waals surface area (Å²) < 4.78 is 25.0. The van der Waals surface area contributed by atoms with Crippen LogP contribution >= 0.6 is 0 Å². The van der Waals surface area contributed by atoms with Gasteiger partial charge in [-0.3, -0.25) is 4.79 Å². The fraction of sp³-hybridized carbons (Fsp3) is 0.389. The first-order valence-electron chi connectivity index (χ1n) is 7.76. The van der Waals surface area contributed by atoms with Gasteiger partial charge in [0.15, 0.2) is 15.6 Å². The van der Waals surface area contributed by atoms with Gasteiger partial charge in [0.1, 0.15) is 0 Å². The van der Waals surface area contributed by atoms with Crippen LogP contribution in [0.2, 0.25) is 0 Å². The second kappa shape index (κ2) is 7.05. The summed E-state index contributed by atoms with van der Waals surface area (Å²) in [4.78, 5) is 12.5. The van der Waals surface area contributed by atoms with E-state index in [1.165, 1.54) is 5.41 Å². The number of Topliss-reactive ketones (excluding diaryl/α,β-unsaturated/α-hetero) is 1. The molecule has 1 aromatic rings. The second-order valence-corrected chi connectivity index (χ2v) is 7.36. The predicted octanol–water partition coefficient (Wildman–Crippen LogP) is 4.21. The summed E-state index contributed by atoms with van der Waals surface area (Å²) in [5.74, 6) is 0.0832. The molecule has 2 rings (SSSR count). The number of carbonyl (C=O) groups is 1. The summed E-state index contributed by atoms with van der Waals surface area (Å²) in [6, 6.07) is 8.36. The van der Waals surface area contributed by atoms with Crippen LogP contribution in [0.3, 0.4) is 0 Å². The molecule has 0 heterocycles. The molecule has 22 heavy (non-hydrogen) atoms. The maximum atomic E-state index is 12.5. The first-order chi connectivity index (χ1) is 10.5. The Morgan fingerprint density at radius 3 is 2.18 bits per heavy atom. The Balaban J connectivity index is 2.45. The van der Waals surface area contributed by atoms with Crippen molar-refractivity contribution in [1.82, 2.24) is 0 Å². The van der Waals surface area contributed by atoms with Crippen molar-refractivity contribution in [2.24, 2.45) is 0 Å². The average molecular weight is 318 g/mol. The molecule has 0 saturated carbocycles. The van der Waals surface area contributed by atoms with Crippen LogP contribution in [0.5, 0.6) is 0 Å². The molecule has 0 radical (unpaired) electrons. The fourth-order valence-corrected chi connectivity index (χ4v) is 4.10. The van der Waals surface area contributed by atoms with Crippen LogP contribution in [-0.2, 0) is 14.6 Å². The van der Waals surface area contributed by atoms with Crippen LogP contribution in [0, 0.1) is 0 Å². The summed E-state index contributed by atoms with van der Waals surface area (Å²) in [5.41, 5.74) is 2.46. The minimum Gasteiger partial charge on any atom is -0.294 e. The maximum absolute atomic E-state index is 12.5. The number of allylic oxidation sites excluding steroid dienone is 3. The first-order valence-corrected chi connectivity index (χ1v) is 9.30. The van der Waals surface area contributed by atoms with Crippen molar-refractivity contribution < 1.29 is 13.2 Å². The van der Waals surface area contributed by atoms with E-state index < -0.39 is 9.84 Å². The Morgan fingerprint density at radius 1 is 1.00 bits per heavy atom. The van der Waals surface area contributed by atoms with Gasteiger partial charge in [-0.25, -0.2) is 8.42 Å². The normalized spacial score (nSPS) is 17.5. The maximum Gasteiger partial charge on any atom is 0.200 e. The molecule has 1 aliphatic rings. The van der Waals surface area contributed by atoms with Crippen molar-refractivity contribution in [1.29, 1.82) is 0 Å². The lowest BCUT2D eigenvalue weighted by Crippen LogP contribution is -1.99. The van der Waals surface area contributed by atoms with E-state index in [9.17, 15) is 13.2 Å². The second-order valence-electron chi connectivity index (χ2n) is 5.56. The lowest BCUT2D eigenvalue weighted by molar-refractivity contribution is -0.114. The van der Waals surface area contributed by atoms with Crippen LogP contribution in [-0.4, -0.2) is 14.2 Å². The SMILES string of the molecule is CCCC1=C(CCC)/C(=C/S(=O)(=O)c2ccccc2)CC1=O. The van der Waals surface area contributed by atoms with E-state index >= 15 is 0 Å². The van der Waals surface area contributed by atoms with Crippen LogP contribution in [0.25, 0.3) is 0 Å². The van der Waals surface area contributed by atoms with Gasteiger partial charge in [0.2, 0.25) is 0 Å². The summed E-state index contributed by atoms with van der Waals surface area (Å²) in [5, 5.41) is 1.30. The highest BCUT2D eigenvalue weighted by molar-refractivity contribution is 7.94. The number of hydrogen-bond acceptors (Lipinski definition) is 3. The van der Waals surface area contributed by atoms with Crippen molar-refractivity contribution >= 4 is 15.6 Å². The zero-order valence-electron chi connectivity index (χ0n) is 13.1. The highest BCUT2D eigenvalue weighted by Crippen LogP contribution is 2.35. The van der Waals surface area contributed by atoms with Gasteiger partial charge in [0, 0.05) is 11.8 Å². The first kappa shape index (κ1) is 16.7. The van der Waals surface area contributed by atoms with E-state index in [0.29, 0.717) is 5.57 Å². The summed E-state index contributed by atoms with van der Waals surface area (Å²) in [7, 11) is -3.51. The number of sulfone groups is 1. The number of benzene rings is 1. The molecule has 4 heteroatoms. The molecule has 3 nitrogen and oxygen atoms in total. The van der Waals surface area contributed by atoms with Crippen LogP contribution in [0.1, 0.15) is 46.0 Å². The topological polar surface area (TPSA) is 51.2 Å². The minimum atomic E-state index is -3.51. The van der Waals surface area contributed by atoms with Crippen molar-refractivity contribution in [3.05, 3.63) is 52.5 Å². The van der Waals surface area contributed by atoms with E-state index in [4.69, 9.17) is 0 Å². The minimum absolute atomic E-state index is 0.0832. The van der Waals surface area contributed by atoms with Gasteiger partial charge in [-0.05, 0) is 41.7 Å². The van der Waals surface area contributed by atoms with E-state index in [2.05, 4.69) is 0 Å². The average Bonchev–Trinajstić information content (AvgIpc) is 2.77. The Labute approximate surface area is 132 Å². The zero-order valence-corrected chi connectivity index (χ0v) is 13.9. The molecule has 0 spiro atoms. The molecule has 1 aromatic carbocycles. The van der Waals surface area contributed by atoms with Gasteiger partial charge in [-0.2, -0.15) is 0 Å². The van der Waals surface area contributed by atoms with Crippen molar-refractivity contribution in [2.75, 3.05) is 0 Å². The molecular weight excluding hydrogens is 296 g/mol. The Bertz CT molecular complexity index is 710. The van der Waals surface area contributed by atoms with Crippen molar-refractivity contribution in [3.8, 4) is 0 Å². The van der Waals surface area contributed by atoms with Crippen LogP contribution in [0.15, 0.2) is 57.4 Å². The molecule has 0 aromatic heterocycles. The molecule has 0 bridgehead atoms. The zero-order chi connectivity index (χ0) is 16.2. The largest absolute Gasteiger partial charge is 0.294 e. The van der Waals surface area contributed by atoms with Gasteiger partial charge in [0.05, 0.1) is 4.90 Å². The van der Waals surface area contributed by atoms with Gasteiger partial charge in [-0.1, -0.05) is 44.9 Å². The summed E-state index contributed by atoms with van der Waals surface area (Å²) in [6.45, 7) is 4.08. The Kier molecular flexibility index (Phi) is 5.35. The van der Waals surface area contributed by atoms with Gasteiger partial charge >= 0.3 is 0 Å². The van der Waals surface area contributed by atoms with Crippen molar-refractivity contribution in [2.45, 2.75) is 50.8 Å². The lowest BCUT2D eigenvalue weighted by Gasteiger charge is -2.07. The highest BCUT2D eigenvalue weighted by atomic mass is 32.2. The molecule has 0 unspecified atom stereocenters. The van der Waals surface area contributed by atoms with E-state index in [1.54, 1.807) is 30.3 Å². The van der Waals surface area contributed by atoms with E-state index in [0.717, 1.165) is 36.8 Å². The molecule has 1 aliphatic carbocycles. The van der Waals surface area contributed by atoms with Crippen LogP contribution in [0.4, 0.5) is 0 Å². The third-order valence-electron chi connectivity index (χ3n) is 3.81. The van der Waals surface area contributed by atoms with Gasteiger partial charge in [-0.15, -0.1) is 0 Å². The fourth-order valence-electron chi connectivity index (χ4n) is 2.83. The molecule has 0 atom stereocenters. The van der Waals surface area contributed by atoms with Gasteiger partial charge < -0.3 is 0 Å². The number of hydrogen-bond donors (Lipinski definition) is 0. The molecule has 0 saturated heterocycles. The predicted molar refractivity (Wildman–Crippen MR) is 88.2 cm³/mol. The third kappa shape index (κ3) is 3.55. The Morgan fingerprint density at radius 2 is 1.59 bits per heavy atom. The molecule has 0 fully saturated rings. The summed E-state index contributed by atoms with van der Waals surface area (Å²) >= 11 is 0. The van der Waals surface area contributed by atoms with E-state index in [-0.39, 0.29) is 17.1 Å². The molecule has 118 valence electrons. The summed E-state index contributed by atoms with van der Waals surface area (Å²) in [6.07, 6.45) is 3.51. The van der Waals surface area contributed by atoms with Gasteiger partial charge in [0.25, 0.3) is 0 Å². The van der Waals surface area contributed by atoms with Crippen LogP contribution < -0.4 is 0 Å². The van der Waals surface area contributed by atoms with E-state index in [1.807, 2.05) is 13.8 Å². The molecular formula is C18H22O3S.